The van der Waals surface area contributed by atoms with E-state index in [1.165, 1.54) is 25.0 Å². The Morgan fingerprint density at radius 2 is 2.00 bits per heavy atom. The largest absolute Gasteiger partial charge is 0.468 e. The van der Waals surface area contributed by atoms with Gasteiger partial charge in [0.15, 0.2) is 5.11 Å². The van der Waals surface area contributed by atoms with Gasteiger partial charge in [0.2, 0.25) is 0 Å². The second kappa shape index (κ2) is 8.09. The number of likely N-dealkylation sites (tertiary alicyclic amines) is 1. The number of nitrogens with zero attached hydrogens (tertiary/aromatic N) is 2. The number of nitro groups is 1. The number of nitrogens with one attached hydrogen (secondary N) is 2. The highest BCUT2D eigenvalue weighted by Crippen LogP contribution is 2.25. The molecule has 1 atom stereocenters. The summed E-state index contributed by atoms with van der Waals surface area (Å²) < 4.78 is 5.59. The van der Waals surface area contributed by atoms with E-state index in [1.807, 2.05) is 12.1 Å². The predicted octanol–water partition coefficient (Wildman–Crippen LogP) is 3.31. The van der Waals surface area contributed by atoms with Crippen molar-refractivity contribution in [3.05, 3.63) is 58.5 Å². The molecule has 0 radical (unpaired) electrons. The van der Waals surface area contributed by atoms with Gasteiger partial charge in [0.1, 0.15) is 5.76 Å². The van der Waals surface area contributed by atoms with Crippen LogP contribution in [-0.2, 0) is 0 Å². The van der Waals surface area contributed by atoms with Gasteiger partial charge in [-0.05, 0) is 62.4 Å². The molecule has 1 aromatic carbocycles. The maximum absolute atomic E-state index is 10.7. The predicted molar refractivity (Wildman–Crippen MR) is 99.6 cm³/mol. The Hall–Kier alpha value is -2.45. The topological polar surface area (TPSA) is 83.6 Å². The fourth-order valence-electron chi connectivity index (χ4n) is 2.97. The molecule has 0 amide bonds. The maximum atomic E-state index is 10.7. The highest BCUT2D eigenvalue weighted by molar-refractivity contribution is 7.80. The lowest BCUT2D eigenvalue weighted by molar-refractivity contribution is -0.384. The molecule has 1 saturated heterocycles. The first-order valence-corrected chi connectivity index (χ1v) is 8.61. The van der Waals surface area contributed by atoms with Crippen LogP contribution < -0.4 is 10.6 Å². The minimum atomic E-state index is -0.426. The molecular weight excluding hydrogens is 340 g/mol. The molecule has 1 aromatic heterocycles. The maximum Gasteiger partial charge on any atom is 0.269 e. The zero-order valence-electron chi connectivity index (χ0n) is 13.7. The molecule has 3 rings (SSSR count). The van der Waals surface area contributed by atoms with E-state index in [-0.39, 0.29) is 11.7 Å². The van der Waals surface area contributed by atoms with Crippen LogP contribution in [0.3, 0.4) is 0 Å². The van der Waals surface area contributed by atoms with Gasteiger partial charge in [0.25, 0.3) is 5.69 Å². The molecule has 8 heteroatoms. The van der Waals surface area contributed by atoms with Gasteiger partial charge in [0, 0.05) is 24.4 Å². The zero-order valence-corrected chi connectivity index (χ0v) is 14.5. The van der Waals surface area contributed by atoms with Crippen molar-refractivity contribution in [2.75, 3.05) is 25.0 Å². The Labute approximate surface area is 151 Å². The smallest absolute Gasteiger partial charge is 0.269 e. The van der Waals surface area contributed by atoms with E-state index < -0.39 is 4.92 Å². The summed E-state index contributed by atoms with van der Waals surface area (Å²) in [5.41, 5.74) is 0.759. The van der Waals surface area contributed by atoms with Gasteiger partial charge in [-0.15, -0.1) is 0 Å². The molecule has 2 aromatic rings. The first kappa shape index (κ1) is 17.4. The molecule has 2 heterocycles. The van der Waals surface area contributed by atoms with Gasteiger partial charge in [-0.3, -0.25) is 15.0 Å². The van der Waals surface area contributed by atoms with Crippen LogP contribution >= 0.6 is 12.2 Å². The molecule has 0 spiro atoms. The van der Waals surface area contributed by atoms with E-state index in [0.717, 1.165) is 18.8 Å². The normalized spacial score (nSPS) is 15.7. The summed E-state index contributed by atoms with van der Waals surface area (Å²) in [5.74, 6) is 0.924. The fraction of sp³-hybridized carbons (Fsp3) is 0.353. The average Bonchev–Trinajstić information content (AvgIpc) is 3.29. The number of thiocarbonyl (C=S) groups is 1. The summed E-state index contributed by atoms with van der Waals surface area (Å²) in [6.07, 6.45) is 4.08. The first-order valence-electron chi connectivity index (χ1n) is 8.20. The molecule has 0 saturated carbocycles. The number of hydrogen-bond acceptors (Lipinski definition) is 5. The van der Waals surface area contributed by atoms with Crippen LogP contribution in [0.2, 0.25) is 0 Å². The fourth-order valence-corrected chi connectivity index (χ4v) is 3.18. The Balaban J connectivity index is 1.57. The Morgan fingerprint density at radius 3 is 2.60 bits per heavy atom. The number of non-ortho nitro benzene ring substituents is 1. The van der Waals surface area contributed by atoms with Crippen molar-refractivity contribution in [3.63, 3.8) is 0 Å². The Bertz CT molecular complexity index is 712. The Kier molecular flexibility index (Phi) is 5.62. The summed E-state index contributed by atoms with van der Waals surface area (Å²) in [7, 11) is 0. The number of rotatable bonds is 6. The minimum absolute atomic E-state index is 0.0522. The van der Waals surface area contributed by atoms with Crippen molar-refractivity contribution in [3.8, 4) is 0 Å². The molecule has 132 valence electrons. The number of furan rings is 1. The van der Waals surface area contributed by atoms with Crippen molar-refractivity contribution in [2.45, 2.75) is 18.9 Å². The summed E-state index contributed by atoms with van der Waals surface area (Å²) in [6, 6.07) is 10.2. The minimum Gasteiger partial charge on any atom is -0.468 e. The highest BCUT2D eigenvalue weighted by atomic mass is 32.1. The Morgan fingerprint density at radius 1 is 1.28 bits per heavy atom. The van der Waals surface area contributed by atoms with Gasteiger partial charge < -0.3 is 15.1 Å². The molecule has 1 aliphatic heterocycles. The lowest BCUT2D eigenvalue weighted by atomic mass is 10.2. The number of benzene rings is 1. The van der Waals surface area contributed by atoms with Crippen molar-refractivity contribution < 1.29 is 9.34 Å². The quantitative estimate of drug-likeness (QED) is 0.464. The lowest BCUT2D eigenvalue weighted by Crippen LogP contribution is -2.38. The lowest BCUT2D eigenvalue weighted by Gasteiger charge is -2.26. The van der Waals surface area contributed by atoms with Crippen LogP contribution in [0.4, 0.5) is 11.4 Å². The summed E-state index contributed by atoms with van der Waals surface area (Å²) in [5, 5.41) is 17.4. The van der Waals surface area contributed by atoms with Crippen molar-refractivity contribution in [2.24, 2.45) is 0 Å². The molecule has 1 aliphatic rings. The van der Waals surface area contributed by atoms with Gasteiger partial charge in [-0.25, -0.2) is 0 Å². The monoisotopic (exact) mass is 360 g/mol. The van der Waals surface area contributed by atoms with E-state index in [1.54, 1.807) is 18.4 Å². The number of anilines is 1. The van der Waals surface area contributed by atoms with E-state index in [4.69, 9.17) is 16.6 Å². The number of hydrogen-bond donors (Lipinski definition) is 2. The molecule has 0 aliphatic carbocycles. The van der Waals surface area contributed by atoms with Gasteiger partial charge in [-0.1, -0.05) is 0 Å². The van der Waals surface area contributed by atoms with Crippen LogP contribution in [0.15, 0.2) is 47.1 Å². The standard InChI is InChI=1S/C17H20N4O3S/c22-21(23)14-7-5-13(6-8-14)19-17(25)18-12-15(16-4-3-11-24-16)20-9-1-2-10-20/h3-8,11,15H,1-2,9-10,12H2,(H2,18,19,25)/t15-/m1/s1. The summed E-state index contributed by atoms with van der Waals surface area (Å²) >= 11 is 5.34. The molecule has 7 nitrogen and oxygen atoms in total. The SMILES string of the molecule is O=[N+]([O-])c1ccc(NC(=S)NC[C@H](c2ccco2)N2CCCC2)cc1. The number of nitro benzene ring substituents is 1. The summed E-state index contributed by atoms with van der Waals surface area (Å²) in [6.45, 7) is 2.73. The van der Waals surface area contributed by atoms with Crippen LogP contribution in [0.5, 0.6) is 0 Å². The van der Waals surface area contributed by atoms with Crippen molar-refractivity contribution >= 4 is 28.7 Å². The van der Waals surface area contributed by atoms with Crippen LogP contribution in [0.25, 0.3) is 0 Å². The molecule has 1 fully saturated rings. The average molecular weight is 360 g/mol. The third-order valence-electron chi connectivity index (χ3n) is 4.24. The van der Waals surface area contributed by atoms with Crippen LogP contribution in [-0.4, -0.2) is 34.6 Å². The third-order valence-corrected chi connectivity index (χ3v) is 4.49. The van der Waals surface area contributed by atoms with Gasteiger partial charge in [0.05, 0.1) is 17.2 Å². The zero-order chi connectivity index (χ0) is 17.6. The molecule has 2 N–H and O–H groups in total. The van der Waals surface area contributed by atoms with Crippen molar-refractivity contribution in [1.29, 1.82) is 0 Å². The highest BCUT2D eigenvalue weighted by Gasteiger charge is 2.25. The van der Waals surface area contributed by atoms with E-state index in [2.05, 4.69) is 15.5 Å². The molecule has 25 heavy (non-hydrogen) atoms. The third kappa shape index (κ3) is 4.55. The van der Waals surface area contributed by atoms with Crippen LogP contribution in [0, 0.1) is 10.1 Å². The van der Waals surface area contributed by atoms with Gasteiger partial charge in [-0.2, -0.15) is 0 Å². The van der Waals surface area contributed by atoms with Gasteiger partial charge >= 0.3 is 0 Å². The van der Waals surface area contributed by atoms with E-state index in [9.17, 15) is 10.1 Å². The second-order valence-corrected chi connectivity index (χ2v) is 6.32. The first-order chi connectivity index (χ1) is 12.1. The van der Waals surface area contributed by atoms with E-state index >= 15 is 0 Å². The molecule has 0 bridgehead atoms. The van der Waals surface area contributed by atoms with Crippen molar-refractivity contribution in [1.82, 2.24) is 10.2 Å². The molecular formula is C17H20N4O3S. The molecule has 0 unspecified atom stereocenters. The second-order valence-electron chi connectivity index (χ2n) is 5.91. The van der Waals surface area contributed by atoms with Crippen LogP contribution in [0.1, 0.15) is 24.6 Å². The summed E-state index contributed by atoms with van der Waals surface area (Å²) in [4.78, 5) is 12.6. The van der Waals surface area contributed by atoms with E-state index in [0.29, 0.717) is 17.3 Å².